The molecule has 0 saturated heterocycles. The summed E-state index contributed by atoms with van der Waals surface area (Å²) in [5.41, 5.74) is 2.24. The summed E-state index contributed by atoms with van der Waals surface area (Å²) in [7, 11) is -3.51. The van der Waals surface area contributed by atoms with Gasteiger partial charge in [-0.25, -0.2) is 29.0 Å². The van der Waals surface area contributed by atoms with Crippen LogP contribution in [0.2, 0.25) is 0 Å². The largest absolute Gasteiger partial charge is 0.292 e. The first-order chi connectivity index (χ1) is 8.62. The Morgan fingerprint density at radius 1 is 1.33 bits per heavy atom. The maximum atomic E-state index is 11.9. The van der Waals surface area contributed by atoms with Crippen LogP contribution >= 0.6 is 0 Å². The molecular formula is C10H17N5O2S. The molecule has 0 aliphatic heterocycles. The first kappa shape index (κ1) is 13.2. The van der Waals surface area contributed by atoms with Crippen LogP contribution in [0.25, 0.3) is 0 Å². The number of hydrazine groups is 1. The lowest BCUT2D eigenvalue weighted by Crippen LogP contribution is -2.28. The molecule has 1 aliphatic carbocycles. The van der Waals surface area contributed by atoms with E-state index in [0.717, 1.165) is 6.42 Å². The molecule has 1 heterocycles. The summed E-state index contributed by atoms with van der Waals surface area (Å²) < 4.78 is 26.3. The lowest BCUT2D eigenvalue weighted by Gasteiger charge is -2.25. The Balaban J connectivity index is 1.91. The van der Waals surface area contributed by atoms with Gasteiger partial charge in [0.25, 0.3) is 0 Å². The topological polar surface area (TPSA) is 110 Å². The molecule has 1 aromatic rings. The van der Waals surface area contributed by atoms with Gasteiger partial charge in [0.15, 0.2) is 0 Å². The van der Waals surface area contributed by atoms with Crippen molar-refractivity contribution in [1.29, 1.82) is 0 Å². The van der Waals surface area contributed by atoms with Gasteiger partial charge in [-0.2, -0.15) is 0 Å². The van der Waals surface area contributed by atoms with Gasteiger partial charge in [-0.05, 0) is 12.3 Å². The summed E-state index contributed by atoms with van der Waals surface area (Å²) in [6.45, 7) is 0.462. The molecule has 100 valence electrons. The maximum Gasteiger partial charge on any atom is 0.243 e. The van der Waals surface area contributed by atoms with E-state index in [1.807, 2.05) is 0 Å². The summed E-state index contributed by atoms with van der Waals surface area (Å²) in [6, 6.07) is 0. The average Bonchev–Trinajstić information content (AvgIpc) is 2.32. The van der Waals surface area contributed by atoms with Crippen molar-refractivity contribution in [2.24, 2.45) is 11.8 Å². The second-order valence-electron chi connectivity index (χ2n) is 4.37. The number of anilines is 1. The highest BCUT2D eigenvalue weighted by atomic mass is 32.2. The molecule has 18 heavy (non-hydrogen) atoms. The number of nitrogens with two attached hydrogens (primary N) is 1. The third-order valence-electron chi connectivity index (χ3n) is 3.14. The molecule has 1 saturated carbocycles. The van der Waals surface area contributed by atoms with E-state index in [2.05, 4.69) is 20.1 Å². The van der Waals surface area contributed by atoms with E-state index < -0.39 is 10.0 Å². The third kappa shape index (κ3) is 3.15. The lowest BCUT2D eigenvalue weighted by molar-refractivity contribution is 0.297. The summed E-state index contributed by atoms with van der Waals surface area (Å²) in [5.74, 6) is 5.96. The molecule has 2 rings (SSSR count). The van der Waals surface area contributed by atoms with Crippen LogP contribution in [0.5, 0.6) is 0 Å². The zero-order chi connectivity index (χ0) is 13.0. The van der Waals surface area contributed by atoms with Crippen LogP contribution in [0.3, 0.4) is 0 Å². The van der Waals surface area contributed by atoms with Crippen molar-refractivity contribution < 1.29 is 8.42 Å². The van der Waals surface area contributed by atoms with Gasteiger partial charge in [0.1, 0.15) is 4.90 Å². The van der Waals surface area contributed by atoms with Gasteiger partial charge in [0, 0.05) is 6.54 Å². The fourth-order valence-electron chi connectivity index (χ4n) is 1.79. The van der Waals surface area contributed by atoms with Gasteiger partial charge in [-0.15, -0.1) is 0 Å². The molecule has 0 spiro atoms. The van der Waals surface area contributed by atoms with Gasteiger partial charge in [0.05, 0.1) is 12.4 Å². The van der Waals surface area contributed by atoms with E-state index in [9.17, 15) is 8.42 Å². The van der Waals surface area contributed by atoms with E-state index in [1.54, 1.807) is 0 Å². The molecule has 0 unspecified atom stereocenters. The predicted octanol–water partition coefficient (Wildman–Crippen LogP) is 0.231. The molecule has 0 radical (unpaired) electrons. The fraction of sp³-hybridized carbons (Fsp3) is 0.600. The Bertz CT molecular complexity index is 483. The SMILES string of the molecule is NNc1ncc(S(=O)(=O)NCCC2CCC2)cn1. The second kappa shape index (κ2) is 5.59. The molecular weight excluding hydrogens is 254 g/mol. The van der Waals surface area contributed by atoms with Crippen molar-refractivity contribution in [3.05, 3.63) is 12.4 Å². The molecule has 0 bridgehead atoms. The average molecular weight is 271 g/mol. The lowest BCUT2D eigenvalue weighted by atomic mass is 9.83. The van der Waals surface area contributed by atoms with Gasteiger partial charge >= 0.3 is 0 Å². The molecule has 7 nitrogen and oxygen atoms in total. The number of hydrogen-bond acceptors (Lipinski definition) is 6. The van der Waals surface area contributed by atoms with Gasteiger partial charge in [0.2, 0.25) is 16.0 Å². The van der Waals surface area contributed by atoms with Crippen LogP contribution in [-0.2, 0) is 10.0 Å². The number of nitrogens with zero attached hydrogens (tertiary/aromatic N) is 2. The number of sulfonamides is 1. The van der Waals surface area contributed by atoms with E-state index in [1.165, 1.54) is 31.7 Å². The van der Waals surface area contributed by atoms with Crippen LogP contribution in [0, 0.1) is 5.92 Å². The van der Waals surface area contributed by atoms with Crippen molar-refractivity contribution >= 4 is 16.0 Å². The normalized spacial score (nSPS) is 16.3. The highest BCUT2D eigenvalue weighted by Gasteiger charge is 2.19. The zero-order valence-corrected chi connectivity index (χ0v) is 10.8. The van der Waals surface area contributed by atoms with Crippen LogP contribution in [0.15, 0.2) is 17.3 Å². The number of rotatable bonds is 6. The second-order valence-corrected chi connectivity index (χ2v) is 6.14. The number of aromatic nitrogens is 2. The first-order valence-corrected chi connectivity index (χ1v) is 7.38. The highest BCUT2D eigenvalue weighted by Crippen LogP contribution is 2.28. The van der Waals surface area contributed by atoms with Crippen LogP contribution in [-0.4, -0.2) is 24.9 Å². The number of nitrogens with one attached hydrogen (secondary N) is 2. The zero-order valence-electron chi connectivity index (χ0n) is 9.96. The van der Waals surface area contributed by atoms with Crippen LogP contribution in [0.1, 0.15) is 25.7 Å². The van der Waals surface area contributed by atoms with Crippen molar-refractivity contribution in [2.75, 3.05) is 12.0 Å². The number of hydrogen-bond donors (Lipinski definition) is 3. The van der Waals surface area contributed by atoms with Crippen molar-refractivity contribution in [2.45, 2.75) is 30.6 Å². The molecule has 1 aromatic heterocycles. The molecule has 0 atom stereocenters. The Kier molecular flexibility index (Phi) is 4.10. The minimum Gasteiger partial charge on any atom is -0.292 e. The molecule has 0 amide bonds. The van der Waals surface area contributed by atoms with Crippen LogP contribution < -0.4 is 16.0 Å². The van der Waals surface area contributed by atoms with Gasteiger partial charge in [-0.1, -0.05) is 19.3 Å². The quantitative estimate of drug-likeness (QED) is 0.504. The third-order valence-corrected chi connectivity index (χ3v) is 4.55. The fourth-order valence-corrected chi connectivity index (χ4v) is 2.73. The molecule has 1 fully saturated rings. The Labute approximate surface area is 106 Å². The van der Waals surface area contributed by atoms with Crippen molar-refractivity contribution in [1.82, 2.24) is 14.7 Å². The Morgan fingerprint density at radius 3 is 2.50 bits per heavy atom. The minimum atomic E-state index is -3.51. The number of nitrogen functional groups attached to an aromatic ring is 1. The summed E-state index contributed by atoms with van der Waals surface area (Å²) in [5, 5.41) is 0. The van der Waals surface area contributed by atoms with E-state index in [4.69, 9.17) is 5.84 Å². The summed E-state index contributed by atoms with van der Waals surface area (Å²) in [6.07, 6.45) is 7.03. The molecule has 8 heteroatoms. The van der Waals surface area contributed by atoms with E-state index >= 15 is 0 Å². The standard InChI is InChI=1S/C10H17N5O2S/c11-15-10-12-6-9(7-13-10)18(16,17)14-5-4-8-2-1-3-8/h6-8,14H,1-5,11H2,(H,12,13,15). The first-order valence-electron chi connectivity index (χ1n) is 5.90. The van der Waals surface area contributed by atoms with E-state index in [0.29, 0.717) is 12.5 Å². The minimum absolute atomic E-state index is 0.0510. The van der Waals surface area contributed by atoms with Gasteiger partial charge < -0.3 is 0 Å². The summed E-state index contributed by atoms with van der Waals surface area (Å²) in [4.78, 5) is 7.59. The highest BCUT2D eigenvalue weighted by molar-refractivity contribution is 7.89. The Morgan fingerprint density at radius 2 is 2.00 bits per heavy atom. The van der Waals surface area contributed by atoms with Gasteiger partial charge in [-0.3, -0.25) is 5.43 Å². The van der Waals surface area contributed by atoms with Crippen molar-refractivity contribution in [3.8, 4) is 0 Å². The van der Waals surface area contributed by atoms with E-state index in [-0.39, 0.29) is 10.8 Å². The van der Waals surface area contributed by atoms with Crippen molar-refractivity contribution in [3.63, 3.8) is 0 Å². The molecule has 4 N–H and O–H groups in total. The molecule has 1 aliphatic rings. The molecule has 0 aromatic carbocycles. The Hall–Kier alpha value is -1.25. The summed E-state index contributed by atoms with van der Waals surface area (Å²) >= 11 is 0. The smallest absolute Gasteiger partial charge is 0.243 e. The van der Waals surface area contributed by atoms with Crippen LogP contribution in [0.4, 0.5) is 5.95 Å². The monoisotopic (exact) mass is 271 g/mol. The predicted molar refractivity (Wildman–Crippen MR) is 67.0 cm³/mol. The maximum absolute atomic E-state index is 11.9.